The Kier molecular flexibility index (Phi) is 7.78. The highest BCUT2D eigenvalue weighted by atomic mass is 15.0. The summed E-state index contributed by atoms with van der Waals surface area (Å²) in [5.74, 6) is 1.90. The lowest BCUT2D eigenvalue weighted by Gasteiger charge is -2.15. The minimum absolute atomic E-state index is 0.629. The predicted octanol–water partition coefficient (Wildman–Crippen LogP) is 13.6. The van der Waals surface area contributed by atoms with Crippen LogP contribution in [0.15, 0.2) is 206 Å². The van der Waals surface area contributed by atoms with Gasteiger partial charge in [-0.25, -0.2) is 15.0 Å². The standard InChI is InChI=1S/C53H34N4/c1-2-12-35(13-3-1)37-22-24-38(25-23-37)39-26-29-40(30-27-39)51-54-52(42-31-28-36-14-4-5-15-41(36)34-42)56-53(55-51)47-32-33-50(44-17-7-6-16-43(44)47)57-48-20-10-8-18-45(48)46-19-9-11-21-49(46)57/h1-34H. The summed E-state index contributed by atoms with van der Waals surface area (Å²) < 4.78 is 2.38. The number of hydrogen-bond donors (Lipinski definition) is 0. The number of aromatic nitrogens is 4. The van der Waals surface area contributed by atoms with Crippen LogP contribution in [0.2, 0.25) is 0 Å². The lowest BCUT2D eigenvalue weighted by molar-refractivity contribution is 1.08. The average molecular weight is 727 g/mol. The quantitative estimate of drug-likeness (QED) is 0.171. The molecule has 11 rings (SSSR count). The van der Waals surface area contributed by atoms with E-state index in [0.29, 0.717) is 17.5 Å². The molecular weight excluding hydrogens is 693 g/mol. The van der Waals surface area contributed by atoms with Crippen molar-refractivity contribution in [1.82, 2.24) is 19.5 Å². The van der Waals surface area contributed by atoms with Crippen LogP contribution in [0.5, 0.6) is 0 Å². The maximum absolute atomic E-state index is 5.22. The van der Waals surface area contributed by atoms with Gasteiger partial charge < -0.3 is 4.57 Å². The Hall–Kier alpha value is -7.69. The van der Waals surface area contributed by atoms with Gasteiger partial charge in [0.05, 0.1) is 16.7 Å². The summed E-state index contributed by atoms with van der Waals surface area (Å²) in [6, 6.07) is 72.8. The second-order valence-corrected chi connectivity index (χ2v) is 14.4. The summed E-state index contributed by atoms with van der Waals surface area (Å²) in [5, 5.41) is 6.99. The van der Waals surface area contributed by atoms with Gasteiger partial charge in [0, 0.05) is 32.8 Å². The Morgan fingerprint density at radius 2 is 0.737 bits per heavy atom. The van der Waals surface area contributed by atoms with Gasteiger partial charge in [0.1, 0.15) is 0 Å². The number of para-hydroxylation sites is 2. The van der Waals surface area contributed by atoms with Gasteiger partial charge in [-0.3, -0.25) is 0 Å². The Bertz CT molecular complexity index is 3220. The molecule has 0 aliphatic heterocycles. The number of nitrogens with zero attached hydrogens (tertiary/aromatic N) is 4. The highest BCUT2D eigenvalue weighted by molar-refractivity contribution is 6.11. The first kappa shape index (κ1) is 32.7. The molecule has 0 amide bonds. The van der Waals surface area contributed by atoms with E-state index in [0.717, 1.165) is 49.7 Å². The molecule has 0 saturated heterocycles. The molecular formula is C53H34N4. The molecule has 0 radical (unpaired) electrons. The summed E-state index contributed by atoms with van der Waals surface area (Å²) >= 11 is 0. The Morgan fingerprint density at radius 3 is 1.39 bits per heavy atom. The zero-order valence-electron chi connectivity index (χ0n) is 30.9. The van der Waals surface area contributed by atoms with Crippen LogP contribution in [0.25, 0.3) is 105 Å². The number of benzene rings is 9. The molecule has 9 aromatic carbocycles. The van der Waals surface area contributed by atoms with Gasteiger partial charge in [-0.2, -0.15) is 0 Å². The van der Waals surface area contributed by atoms with Crippen LogP contribution < -0.4 is 0 Å². The second-order valence-electron chi connectivity index (χ2n) is 14.4. The molecule has 11 aromatic rings. The molecule has 57 heavy (non-hydrogen) atoms. The molecule has 4 heteroatoms. The van der Waals surface area contributed by atoms with Crippen molar-refractivity contribution in [1.29, 1.82) is 0 Å². The molecule has 4 nitrogen and oxygen atoms in total. The fraction of sp³-hybridized carbons (Fsp3) is 0. The highest BCUT2D eigenvalue weighted by Gasteiger charge is 2.19. The van der Waals surface area contributed by atoms with Crippen molar-refractivity contribution < 1.29 is 0 Å². The number of fused-ring (bicyclic) bond motifs is 5. The SMILES string of the molecule is c1ccc(-c2ccc(-c3ccc(-c4nc(-c5ccc6ccccc6c5)nc(-c5ccc(-n6c7ccccc7c7ccccc76)c6ccccc56)n4)cc3)cc2)cc1. The zero-order chi connectivity index (χ0) is 37.7. The zero-order valence-corrected chi connectivity index (χ0v) is 30.9. The molecule has 0 unspecified atom stereocenters. The Morgan fingerprint density at radius 1 is 0.281 bits per heavy atom. The summed E-state index contributed by atoms with van der Waals surface area (Å²) in [7, 11) is 0. The third kappa shape index (κ3) is 5.74. The third-order valence-corrected chi connectivity index (χ3v) is 11.1. The predicted molar refractivity (Wildman–Crippen MR) is 236 cm³/mol. The van der Waals surface area contributed by atoms with Crippen molar-refractivity contribution in [3.63, 3.8) is 0 Å². The van der Waals surface area contributed by atoms with Crippen molar-refractivity contribution in [2.45, 2.75) is 0 Å². The van der Waals surface area contributed by atoms with E-state index in [1.807, 2.05) is 6.07 Å². The lowest BCUT2D eigenvalue weighted by Crippen LogP contribution is -2.02. The van der Waals surface area contributed by atoms with Crippen molar-refractivity contribution in [2.24, 2.45) is 0 Å². The van der Waals surface area contributed by atoms with E-state index in [-0.39, 0.29) is 0 Å². The molecule has 0 aliphatic rings. The topological polar surface area (TPSA) is 43.6 Å². The van der Waals surface area contributed by atoms with E-state index in [1.54, 1.807) is 0 Å². The second kappa shape index (κ2) is 13.6. The number of hydrogen-bond acceptors (Lipinski definition) is 3. The smallest absolute Gasteiger partial charge is 0.164 e. The van der Waals surface area contributed by atoms with Gasteiger partial charge in [-0.05, 0) is 68.7 Å². The third-order valence-electron chi connectivity index (χ3n) is 11.1. The van der Waals surface area contributed by atoms with Crippen molar-refractivity contribution in [2.75, 3.05) is 0 Å². The van der Waals surface area contributed by atoms with Gasteiger partial charge in [0.2, 0.25) is 0 Å². The molecule has 0 bridgehead atoms. The first-order valence-electron chi connectivity index (χ1n) is 19.3. The van der Waals surface area contributed by atoms with E-state index in [9.17, 15) is 0 Å². The molecule has 0 spiro atoms. The van der Waals surface area contributed by atoms with Gasteiger partial charge >= 0.3 is 0 Å². The van der Waals surface area contributed by atoms with E-state index in [4.69, 9.17) is 15.0 Å². The largest absolute Gasteiger partial charge is 0.309 e. The molecule has 0 aliphatic carbocycles. The van der Waals surface area contributed by atoms with E-state index >= 15 is 0 Å². The van der Waals surface area contributed by atoms with Crippen LogP contribution in [0.3, 0.4) is 0 Å². The van der Waals surface area contributed by atoms with Crippen molar-refractivity contribution in [3.8, 4) is 62.1 Å². The van der Waals surface area contributed by atoms with Crippen LogP contribution in [-0.4, -0.2) is 19.5 Å². The summed E-state index contributed by atoms with van der Waals surface area (Å²) in [6.07, 6.45) is 0. The van der Waals surface area contributed by atoms with Gasteiger partial charge in [0.25, 0.3) is 0 Å². The average Bonchev–Trinajstić information content (AvgIpc) is 3.63. The monoisotopic (exact) mass is 726 g/mol. The summed E-state index contributed by atoms with van der Waals surface area (Å²) in [6.45, 7) is 0. The van der Waals surface area contributed by atoms with E-state index < -0.39 is 0 Å². The number of rotatable bonds is 6. The van der Waals surface area contributed by atoms with Crippen molar-refractivity contribution >= 4 is 43.4 Å². The minimum atomic E-state index is 0.629. The first-order valence-corrected chi connectivity index (χ1v) is 19.3. The molecule has 0 fully saturated rings. The molecule has 2 aromatic heterocycles. The van der Waals surface area contributed by atoms with Crippen molar-refractivity contribution in [3.05, 3.63) is 206 Å². The van der Waals surface area contributed by atoms with Crippen LogP contribution in [-0.2, 0) is 0 Å². The normalized spacial score (nSPS) is 11.5. The fourth-order valence-corrected chi connectivity index (χ4v) is 8.24. The maximum Gasteiger partial charge on any atom is 0.164 e. The maximum atomic E-state index is 5.22. The molecule has 0 saturated carbocycles. The molecule has 2 heterocycles. The first-order chi connectivity index (χ1) is 28.2. The van der Waals surface area contributed by atoms with E-state index in [1.165, 1.54) is 38.3 Å². The van der Waals surface area contributed by atoms with E-state index in [2.05, 4.69) is 205 Å². The van der Waals surface area contributed by atoms with Gasteiger partial charge in [-0.1, -0.05) is 176 Å². The van der Waals surface area contributed by atoms with Crippen LogP contribution in [0, 0.1) is 0 Å². The van der Waals surface area contributed by atoms with Gasteiger partial charge in [0.15, 0.2) is 17.5 Å². The summed E-state index contributed by atoms with van der Waals surface area (Å²) in [5.41, 5.74) is 11.0. The lowest BCUT2D eigenvalue weighted by atomic mass is 9.99. The van der Waals surface area contributed by atoms with Crippen LogP contribution in [0.1, 0.15) is 0 Å². The molecule has 0 N–H and O–H groups in total. The molecule has 0 atom stereocenters. The summed E-state index contributed by atoms with van der Waals surface area (Å²) in [4.78, 5) is 15.6. The van der Waals surface area contributed by atoms with Gasteiger partial charge in [-0.15, -0.1) is 0 Å². The highest BCUT2D eigenvalue weighted by Crippen LogP contribution is 2.38. The van der Waals surface area contributed by atoms with Crippen LogP contribution in [0.4, 0.5) is 0 Å². The minimum Gasteiger partial charge on any atom is -0.309 e. The Labute approximate surface area is 330 Å². The molecule has 266 valence electrons. The van der Waals surface area contributed by atoms with Crippen LogP contribution >= 0.6 is 0 Å². The fourth-order valence-electron chi connectivity index (χ4n) is 8.24. The Balaban J connectivity index is 1.05.